The first-order valence-corrected chi connectivity index (χ1v) is 8.85. The lowest BCUT2D eigenvalue weighted by atomic mass is 10.2. The van der Waals surface area contributed by atoms with Crippen molar-refractivity contribution in [2.45, 2.75) is 6.54 Å². The minimum atomic E-state index is -0.131. The number of anilines is 1. The van der Waals surface area contributed by atoms with Crippen LogP contribution in [0.5, 0.6) is 0 Å². The lowest BCUT2D eigenvalue weighted by Gasteiger charge is -2.05. The molecule has 3 heterocycles. The van der Waals surface area contributed by atoms with E-state index in [1.807, 2.05) is 52.5 Å². The highest BCUT2D eigenvalue weighted by molar-refractivity contribution is 7.14. The van der Waals surface area contributed by atoms with Crippen molar-refractivity contribution in [3.05, 3.63) is 65.4 Å². The van der Waals surface area contributed by atoms with Crippen molar-refractivity contribution in [3.63, 3.8) is 0 Å². The van der Waals surface area contributed by atoms with Crippen LogP contribution in [0.3, 0.4) is 0 Å². The second kappa shape index (κ2) is 6.66. The minimum absolute atomic E-state index is 0.131. The largest absolute Gasteiger partial charge is 0.338 e. The molecule has 0 saturated heterocycles. The zero-order chi connectivity index (χ0) is 17.2. The molecule has 124 valence electrons. The third-order valence-electron chi connectivity index (χ3n) is 3.80. The van der Waals surface area contributed by atoms with Crippen LogP contribution < -0.4 is 5.32 Å². The number of carbonyl (C=O) groups excluding carboxylic acids is 1. The number of aromatic nitrogens is 3. The highest BCUT2D eigenvalue weighted by Crippen LogP contribution is 2.26. The van der Waals surface area contributed by atoms with Crippen LogP contribution in [0.15, 0.2) is 60.4 Å². The van der Waals surface area contributed by atoms with E-state index in [-0.39, 0.29) is 12.5 Å². The van der Waals surface area contributed by atoms with Crippen LogP contribution in [0.4, 0.5) is 5.13 Å². The highest BCUT2D eigenvalue weighted by Gasteiger charge is 2.11. The number of nitrogens with one attached hydrogen (secondary N) is 1. The van der Waals surface area contributed by atoms with Crippen molar-refractivity contribution in [1.29, 1.82) is 0 Å². The smallest absolute Gasteiger partial charge is 0.246 e. The summed E-state index contributed by atoms with van der Waals surface area (Å²) < 4.78 is 1.87. The number of amides is 1. The van der Waals surface area contributed by atoms with Gasteiger partial charge < -0.3 is 9.88 Å². The summed E-state index contributed by atoms with van der Waals surface area (Å²) in [7, 11) is 0. The molecule has 3 aromatic heterocycles. The molecule has 0 aliphatic heterocycles. The SMILES string of the molecule is O=C(Cn1ccc2c(Cl)cccc21)Nc1nc(-c2ccncc2)cs1. The number of carbonyl (C=O) groups is 1. The standard InChI is InChI=1S/C18H13ClN4OS/c19-14-2-1-3-16-13(14)6-9-23(16)10-17(24)22-18-21-15(11-25-18)12-4-7-20-8-5-12/h1-9,11H,10H2,(H,21,22,24). The van der Waals surface area contributed by atoms with Gasteiger partial charge in [0.25, 0.3) is 0 Å². The first kappa shape index (κ1) is 15.8. The van der Waals surface area contributed by atoms with Crippen LogP contribution in [0.2, 0.25) is 5.02 Å². The predicted octanol–water partition coefficient (Wildman–Crippen LogP) is 4.45. The van der Waals surface area contributed by atoms with E-state index in [1.165, 1.54) is 11.3 Å². The summed E-state index contributed by atoms with van der Waals surface area (Å²) in [5.41, 5.74) is 2.72. The number of halogens is 1. The Morgan fingerprint density at radius 1 is 1.20 bits per heavy atom. The number of pyridine rings is 1. The molecule has 25 heavy (non-hydrogen) atoms. The van der Waals surface area contributed by atoms with E-state index in [4.69, 9.17) is 11.6 Å². The summed E-state index contributed by atoms with van der Waals surface area (Å²) >= 11 is 7.57. The minimum Gasteiger partial charge on any atom is -0.338 e. The van der Waals surface area contributed by atoms with Gasteiger partial charge in [0.1, 0.15) is 6.54 Å². The predicted molar refractivity (Wildman–Crippen MR) is 101 cm³/mol. The molecule has 0 aliphatic carbocycles. The van der Waals surface area contributed by atoms with Gasteiger partial charge in [0.05, 0.1) is 5.69 Å². The summed E-state index contributed by atoms with van der Waals surface area (Å²) in [4.78, 5) is 20.8. The van der Waals surface area contributed by atoms with Crippen molar-refractivity contribution >= 4 is 44.9 Å². The van der Waals surface area contributed by atoms with Crippen LogP contribution in [-0.4, -0.2) is 20.4 Å². The van der Waals surface area contributed by atoms with Crippen molar-refractivity contribution in [3.8, 4) is 11.3 Å². The van der Waals surface area contributed by atoms with Crippen LogP contribution in [0.25, 0.3) is 22.2 Å². The van der Waals surface area contributed by atoms with Gasteiger partial charge in [0.15, 0.2) is 5.13 Å². The quantitative estimate of drug-likeness (QED) is 0.578. The monoisotopic (exact) mass is 368 g/mol. The van der Waals surface area contributed by atoms with Crippen molar-refractivity contribution in [1.82, 2.24) is 14.5 Å². The van der Waals surface area contributed by atoms with Gasteiger partial charge in [-0.3, -0.25) is 9.78 Å². The van der Waals surface area contributed by atoms with E-state index in [9.17, 15) is 4.79 Å². The third-order valence-corrected chi connectivity index (χ3v) is 4.89. The average molecular weight is 369 g/mol. The number of rotatable bonds is 4. The molecule has 0 atom stereocenters. The molecule has 0 saturated carbocycles. The Bertz CT molecular complexity index is 1040. The number of fused-ring (bicyclic) bond motifs is 1. The summed E-state index contributed by atoms with van der Waals surface area (Å²) in [6.07, 6.45) is 5.30. The first-order chi connectivity index (χ1) is 12.2. The van der Waals surface area contributed by atoms with Gasteiger partial charge in [-0.15, -0.1) is 11.3 Å². The topological polar surface area (TPSA) is 59.8 Å². The summed E-state index contributed by atoms with van der Waals surface area (Å²) in [5, 5.41) is 6.95. The van der Waals surface area contributed by atoms with Gasteiger partial charge in [0, 0.05) is 45.5 Å². The first-order valence-electron chi connectivity index (χ1n) is 7.60. The molecule has 4 aromatic rings. The molecule has 1 aromatic carbocycles. The molecule has 1 amide bonds. The molecule has 0 radical (unpaired) electrons. The molecule has 0 bridgehead atoms. The van der Waals surface area contributed by atoms with Crippen molar-refractivity contribution < 1.29 is 4.79 Å². The van der Waals surface area contributed by atoms with Crippen LogP contribution in [0.1, 0.15) is 0 Å². The molecular weight excluding hydrogens is 356 g/mol. The number of hydrogen-bond acceptors (Lipinski definition) is 4. The van der Waals surface area contributed by atoms with Crippen LogP contribution in [0, 0.1) is 0 Å². The maximum absolute atomic E-state index is 12.3. The zero-order valence-electron chi connectivity index (χ0n) is 13.0. The Balaban J connectivity index is 1.49. The average Bonchev–Trinajstić information content (AvgIpc) is 3.24. The van der Waals surface area contributed by atoms with E-state index in [0.717, 1.165) is 22.2 Å². The third kappa shape index (κ3) is 3.26. The molecule has 0 unspecified atom stereocenters. The molecule has 7 heteroatoms. The summed E-state index contributed by atoms with van der Waals surface area (Å²) in [5.74, 6) is -0.131. The molecule has 0 fully saturated rings. The fraction of sp³-hybridized carbons (Fsp3) is 0.0556. The maximum Gasteiger partial charge on any atom is 0.246 e. The Hall–Kier alpha value is -2.70. The number of thiazole rings is 1. The molecule has 5 nitrogen and oxygen atoms in total. The van der Waals surface area contributed by atoms with Crippen LogP contribution >= 0.6 is 22.9 Å². The molecule has 0 aliphatic rings. The van der Waals surface area contributed by atoms with Crippen LogP contribution in [-0.2, 0) is 11.3 Å². The molecular formula is C18H13ClN4OS. The number of nitrogens with zero attached hydrogens (tertiary/aromatic N) is 3. The van der Waals surface area contributed by atoms with Gasteiger partial charge in [-0.05, 0) is 30.3 Å². The van der Waals surface area contributed by atoms with E-state index in [1.54, 1.807) is 12.4 Å². The summed E-state index contributed by atoms with van der Waals surface area (Å²) in [6.45, 7) is 0.202. The number of hydrogen-bond donors (Lipinski definition) is 1. The fourth-order valence-corrected chi connectivity index (χ4v) is 3.59. The second-order valence-corrected chi connectivity index (χ2v) is 6.70. The van der Waals surface area contributed by atoms with Gasteiger partial charge in [0.2, 0.25) is 5.91 Å². The van der Waals surface area contributed by atoms with E-state index in [0.29, 0.717) is 10.2 Å². The lowest BCUT2D eigenvalue weighted by Crippen LogP contribution is -2.18. The fourth-order valence-electron chi connectivity index (χ4n) is 2.62. The Labute approximate surface area is 152 Å². The Morgan fingerprint density at radius 2 is 2.04 bits per heavy atom. The van der Waals surface area contributed by atoms with Gasteiger partial charge in [-0.1, -0.05) is 17.7 Å². The van der Waals surface area contributed by atoms with Gasteiger partial charge in [-0.2, -0.15) is 0 Å². The highest BCUT2D eigenvalue weighted by atomic mass is 35.5. The number of benzene rings is 1. The van der Waals surface area contributed by atoms with E-state index >= 15 is 0 Å². The normalized spacial score (nSPS) is 10.9. The van der Waals surface area contributed by atoms with E-state index < -0.39 is 0 Å². The van der Waals surface area contributed by atoms with E-state index in [2.05, 4.69) is 15.3 Å². The van der Waals surface area contributed by atoms with Crippen molar-refractivity contribution in [2.24, 2.45) is 0 Å². The maximum atomic E-state index is 12.3. The summed E-state index contributed by atoms with van der Waals surface area (Å²) in [6, 6.07) is 11.3. The van der Waals surface area contributed by atoms with Gasteiger partial charge in [-0.25, -0.2) is 4.98 Å². The Kier molecular flexibility index (Phi) is 4.21. The van der Waals surface area contributed by atoms with Gasteiger partial charge >= 0.3 is 0 Å². The lowest BCUT2D eigenvalue weighted by molar-refractivity contribution is -0.116. The zero-order valence-corrected chi connectivity index (χ0v) is 14.6. The van der Waals surface area contributed by atoms with Crippen molar-refractivity contribution in [2.75, 3.05) is 5.32 Å². The Morgan fingerprint density at radius 3 is 2.88 bits per heavy atom. The second-order valence-electron chi connectivity index (χ2n) is 5.44. The molecule has 1 N–H and O–H groups in total. The molecule has 0 spiro atoms. The molecule has 4 rings (SSSR count).